The molecule has 15 heavy (non-hydrogen) atoms. The van der Waals surface area contributed by atoms with Crippen molar-refractivity contribution >= 4 is 5.97 Å². The van der Waals surface area contributed by atoms with Gasteiger partial charge in [0.25, 0.3) is 0 Å². The van der Waals surface area contributed by atoms with Gasteiger partial charge in [-0.05, 0) is 19.8 Å². The zero-order chi connectivity index (χ0) is 11.3. The van der Waals surface area contributed by atoms with E-state index in [4.69, 9.17) is 14.6 Å². The number of carboxylic acids is 1. The smallest absolute Gasteiger partial charge is 0.326 e. The van der Waals surface area contributed by atoms with Crippen LogP contribution in [0, 0.1) is 0 Å². The molecule has 0 aromatic rings. The Labute approximate surface area is 89.8 Å². The third kappa shape index (κ3) is 4.15. The molecule has 0 spiro atoms. The Balaban J connectivity index is 2.31. The van der Waals surface area contributed by atoms with Crippen LogP contribution in [0.25, 0.3) is 0 Å². The largest absolute Gasteiger partial charge is 0.480 e. The second-order valence-electron chi connectivity index (χ2n) is 4.10. The normalized spacial score (nSPS) is 19.9. The molecule has 1 fully saturated rings. The van der Waals surface area contributed by atoms with Gasteiger partial charge < -0.3 is 14.6 Å². The van der Waals surface area contributed by atoms with Crippen LogP contribution in [0.15, 0.2) is 0 Å². The highest BCUT2D eigenvalue weighted by molar-refractivity contribution is 5.78. The molecule has 0 heterocycles. The highest BCUT2D eigenvalue weighted by Crippen LogP contribution is 2.22. The summed E-state index contributed by atoms with van der Waals surface area (Å²) in [5.74, 6) is -0.869. The number of nitrogens with one attached hydrogen (secondary N) is 1. The number of carbonyl (C=O) groups is 1. The van der Waals surface area contributed by atoms with Crippen LogP contribution in [-0.2, 0) is 14.3 Å². The number of hydrogen-bond acceptors (Lipinski definition) is 4. The van der Waals surface area contributed by atoms with Crippen molar-refractivity contribution in [2.45, 2.75) is 31.3 Å². The number of methoxy groups -OCH3 is 1. The van der Waals surface area contributed by atoms with E-state index in [9.17, 15) is 4.79 Å². The lowest BCUT2D eigenvalue weighted by molar-refractivity contribution is -0.147. The van der Waals surface area contributed by atoms with Crippen molar-refractivity contribution < 1.29 is 19.4 Å². The highest BCUT2D eigenvalue weighted by atomic mass is 16.5. The van der Waals surface area contributed by atoms with Crippen LogP contribution < -0.4 is 5.32 Å². The molecule has 0 amide bonds. The van der Waals surface area contributed by atoms with Gasteiger partial charge in [0.05, 0.1) is 19.8 Å². The van der Waals surface area contributed by atoms with Gasteiger partial charge in [-0.15, -0.1) is 0 Å². The summed E-state index contributed by atoms with van der Waals surface area (Å²) in [4.78, 5) is 11.1. The minimum atomic E-state index is -0.977. The standard InChI is InChI=1S/C10H19NO4/c1-10(9(12)13,11-8-3-4-8)7-15-6-5-14-2/h8,11H,3-7H2,1-2H3,(H,12,13). The van der Waals surface area contributed by atoms with Gasteiger partial charge >= 0.3 is 5.97 Å². The Morgan fingerprint density at radius 2 is 2.20 bits per heavy atom. The molecule has 1 unspecified atom stereocenters. The monoisotopic (exact) mass is 217 g/mol. The van der Waals surface area contributed by atoms with E-state index in [0.717, 1.165) is 12.8 Å². The molecule has 0 bridgehead atoms. The van der Waals surface area contributed by atoms with Gasteiger partial charge in [-0.25, -0.2) is 0 Å². The van der Waals surface area contributed by atoms with Crippen LogP contribution in [0.2, 0.25) is 0 Å². The Morgan fingerprint density at radius 3 is 2.67 bits per heavy atom. The van der Waals surface area contributed by atoms with Gasteiger partial charge in [0.15, 0.2) is 0 Å². The van der Waals surface area contributed by atoms with Crippen molar-refractivity contribution in [1.82, 2.24) is 5.32 Å². The fourth-order valence-corrected chi connectivity index (χ4v) is 1.26. The first-order chi connectivity index (χ1) is 7.08. The summed E-state index contributed by atoms with van der Waals surface area (Å²) < 4.78 is 10.1. The van der Waals surface area contributed by atoms with Crippen LogP contribution in [0.3, 0.4) is 0 Å². The maximum atomic E-state index is 11.1. The SMILES string of the molecule is COCCOCC(C)(NC1CC1)C(=O)O. The molecular weight excluding hydrogens is 198 g/mol. The average Bonchev–Trinajstić information content (AvgIpc) is 2.96. The number of carboxylic acid groups (broad SMARTS) is 1. The van der Waals surface area contributed by atoms with E-state index >= 15 is 0 Å². The molecule has 0 radical (unpaired) electrons. The number of ether oxygens (including phenoxy) is 2. The van der Waals surface area contributed by atoms with Crippen molar-refractivity contribution in [2.75, 3.05) is 26.9 Å². The fraction of sp³-hybridized carbons (Fsp3) is 0.900. The molecule has 0 aromatic carbocycles. The predicted molar refractivity (Wildman–Crippen MR) is 54.9 cm³/mol. The lowest BCUT2D eigenvalue weighted by Gasteiger charge is -2.26. The van der Waals surface area contributed by atoms with Gasteiger partial charge in [-0.3, -0.25) is 10.1 Å². The number of aliphatic carboxylic acids is 1. The second-order valence-corrected chi connectivity index (χ2v) is 4.10. The molecule has 0 aliphatic heterocycles. The van der Waals surface area contributed by atoms with Gasteiger partial charge in [0, 0.05) is 13.2 Å². The maximum Gasteiger partial charge on any atom is 0.326 e. The lowest BCUT2D eigenvalue weighted by Crippen LogP contribution is -2.54. The van der Waals surface area contributed by atoms with Crippen LogP contribution in [0.5, 0.6) is 0 Å². The molecule has 1 rings (SSSR count). The molecule has 1 saturated carbocycles. The van der Waals surface area contributed by atoms with E-state index in [0.29, 0.717) is 19.3 Å². The lowest BCUT2D eigenvalue weighted by atomic mass is 10.0. The van der Waals surface area contributed by atoms with E-state index in [2.05, 4.69) is 5.32 Å². The highest BCUT2D eigenvalue weighted by Gasteiger charge is 2.38. The Bertz CT molecular complexity index is 217. The molecule has 0 saturated heterocycles. The molecule has 5 nitrogen and oxygen atoms in total. The topological polar surface area (TPSA) is 67.8 Å². The van der Waals surface area contributed by atoms with E-state index in [1.807, 2.05) is 0 Å². The summed E-state index contributed by atoms with van der Waals surface area (Å²) >= 11 is 0. The van der Waals surface area contributed by atoms with Gasteiger partial charge in [0.1, 0.15) is 5.54 Å². The van der Waals surface area contributed by atoms with Crippen LogP contribution in [0.4, 0.5) is 0 Å². The summed E-state index contributed by atoms with van der Waals surface area (Å²) in [7, 11) is 1.59. The number of hydrogen-bond donors (Lipinski definition) is 2. The number of rotatable bonds is 8. The molecule has 5 heteroatoms. The average molecular weight is 217 g/mol. The van der Waals surface area contributed by atoms with E-state index in [1.165, 1.54) is 0 Å². The quantitative estimate of drug-likeness (QED) is 0.570. The molecule has 0 aromatic heterocycles. The van der Waals surface area contributed by atoms with Crippen molar-refractivity contribution in [1.29, 1.82) is 0 Å². The predicted octanol–water partition coefficient (Wildman–Crippen LogP) is 0.245. The summed E-state index contributed by atoms with van der Waals surface area (Å²) in [5.41, 5.74) is -0.977. The summed E-state index contributed by atoms with van der Waals surface area (Å²) in [6.07, 6.45) is 2.11. The summed E-state index contributed by atoms with van der Waals surface area (Å²) in [6.45, 7) is 2.73. The first-order valence-corrected chi connectivity index (χ1v) is 5.16. The van der Waals surface area contributed by atoms with Gasteiger partial charge in [-0.1, -0.05) is 0 Å². The molecule has 1 aliphatic rings. The Kier molecular flexibility index (Phi) is 4.50. The van der Waals surface area contributed by atoms with Crippen LogP contribution >= 0.6 is 0 Å². The van der Waals surface area contributed by atoms with Crippen LogP contribution in [0.1, 0.15) is 19.8 Å². The molecular formula is C10H19NO4. The molecule has 2 N–H and O–H groups in total. The van der Waals surface area contributed by atoms with Crippen molar-refractivity contribution in [3.8, 4) is 0 Å². The first kappa shape index (κ1) is 12.4. The minimum absolute atomic E-state index is 0.169. The zero-order valence-corrected chi connectivity index (χ0v) is 9.28. The summed E-state index contributed by atoms with van der Waals surface area (Å²) in [5, 5.41) is 12.2. The summed E-state index contributed by atoms with van der Waals surface area (Å²) in [6, 6.07) is 0.345. The third-order valence-electron chi connectivity index (χ3n) is 2.39. The third-order valence-corrected chi connectivity index (χ3v) is 2.39. The van der Waals surface area contributed by atoms with Crippen molar-refractivity contribution in [3.05, 3.63) is 0 Å². The van der Waals surface area contributed by atoms with Gasteiger partial charge in [-0.2, -0.15) is 0 Å². The zero-order valence-electron chi connectivity index (χ0n) is 9.28. The molecule has 1 aliphatic carbocycles. The van der Waals surface area contributed by atoms with E-state index in [-0.39, 0.29) is 6.61 Å². The van der Waals surface area contributed by atoms with Crippen molar-refractivity contribution in [3.63, 3.8) is 0 Å². The fourth-order valence-electron chi connectivity index (χ4n) is 1.26. The maximum absolute atomic E-state index is 11.1. The van der Waals surface area contributed by atoms with Crippen LogP contribution in [-0.4, -0.2) is 49.6 Å². The van der Waals surface area contributed by atoms with Gasteiger partial charge in [0.2, 0.25) is 0 Å². The first-order valence-electron chi connectivity index (χ1n) is 5.16. The minimum Gasteiger partial charge on any atom is -0.480 e. The molecule has 88 valence electrons. The van der Waals surface area contributed by atoms with Crippen molar-refractivity contribution in [2.24, 2.45) is 0 Å². The Morgan fingerprint density at radius 1 is 1.53 bits per heavy atom. The molecule has 1 atom stereocenters. The van der Waals surface area contributed by atoms with E-state index < -0.39 is 11.5 Å². The Hall–Kier alpha value is -0.650. The van der Waals surface area contributed by atoms with E-state index in [1.54, 1.807) is 14.0 Å². The second kappa shape index (κ2) is 5.44.